The molecule has 142 valence electrons. The Morgan fingerprint density at radius 2 is 1.69 bits per heavy atom. The summed E-state index contributed by atoms with van der Waals surface area (Å²) in [5.41, 5.74) is 3.95. The van der Waals surface area contributed by atoms with E-state index < -0.39 is 0 Å². The lowest BCUT2D eigenvalue weighted by atomic mass is 10.1. The average Bonchev–Trinajstić information content (AvgIpc) is 2.69. The van der Waals surface area contributed by atoms with Crippen molar-refractivity contribution in [3.63, 3.8) is 0 Å². The van der Waals surface area contributed by atoms with Crippen molar-refractivity contribution >= 4 is 18.0 Å². The van der Waals surface area contributed by atoms with Crippen LogP contribution in [0.2, 0.25) is 0 Å². The highest BCUT2D eigenvalue weighted by Crippen LogP contribution is 2.24. The van der Waals surface area contributed by atoms with Gasteiger partial charge in [0, 0.05) is 71.0 Å². The molecule has 2 heterocycles. The second-order valence-corrected chi connectivity index (χ2v) is 7.32. The number of benzene rings is 1. The molecule has 0 N–H and O–H groups in total. The van der Waals surface area contributed by atoms with Crippen molar-refractivity contribution in [2.24, 2.45) is 0 Å². The molecule has 2 fully saturated rings. The lowest BCUT2D eigenvalue weighted by Crippen LogP contribution is -2.50. The number of aryl methyl sites for hydroxylation is 1. The van der Waals surface area contributed by atoms with E-state index in [-0.39, 0.29) is 5.91 Å². The van der Waals surface area contributed by atoms with E-state index >= 15 is 0 Å². The Bertz CT molecular complexity index is 633. The molecule has 1 aromatic rings. The van der Waals surface area contributed by atoms with Gasteiger partial charge in [0.2, 0.25) is 12.3 Å². The highest BCUT2D eigenvalue weighted by atomic mass is 16.2. The highest BCUT2D eigenvalue weighted by Gasteiger charge is 2.23. The average molecular weight is 358 g/mol. The van der Waals surface area contributed by atoms with Crippen LogP contribution in [0, 0.1) is 13.8 Å². The number of carbonyl (C=O) groups excluding carboxylic acids is 2. The molecule has 3 rings (SSSR count). The van der Waals surface area contributed by atoms with Crippen molar-refractivity contribution in [2.75, 3.05) is 63.8 Å². The van der Waals surface area contributed by atoms with Crippen molar-refractivity contribution in [3.8, 4) is 0 Å². The van der Waals surface area contributed by atoms with E-state index in [1.807, 2.05) is 4.90 Å². The van der Waals surface area contributed by atoms with Crippen LogP contribution in [-0.4, -0.2) is 85.9 Å². The maximum Gasteiger partial charge on any atom is 0.223 e. The maximum absolute atomic E-state index is 12.5. The van der Waals surface area contributed by atoms with Gasteiger partial charge in [0.1, 0.15) is 0 Å². The van der Waals surface area contributed by atoms with Crippen LogP contribution in [0.1, 0.15) is 17.5 Å². The third-order valence-corrected chi connectivity index (χ3v) is 5.75. The first kappa shape index (κ1) is 18.7. The zero-order chi connectivity index (χ0) is 18.5. The van der Waals surface area contributed by atoms with E-state index in [4.69, 9.17) is 0 Å². The smallest absolute Gasteiger partial charge is 0.223 e. The monoisotopic (exact) mass is 358 g/mol. The first-order chi connectivity index (χ1) is 12.6. The summed E-state index contributed by atoms with van der Waals surface area (Å²) in [5.74, 6) is 0.253. The normalized spacial score (nSPS) is 18.9. The first-order valence-corrected chi connectivity index (χ1v) is 9.59. The van der Waals surface area contributed by atoms with Crippen molar-refractivity contribution in [1.82, 2.24) is 14.7 Å². The Kier molecular flexibility index (Phi) is 6.14. The molecule has 0 spiro atoms. The quantitative estimate of drug-likeness (QED) is 0.740. The molecule has 0 unspecified atom stereocenters. The summed E-state index contributed by atoms with van der Waals surface area (Å²) in [6.45, 7) is 11.8. The third kappa shape index (κ3) is 4.36. The van der Waals surface area contributed by atoms with Gasteiger partial charge in [0.15, 0.2) is 0 Å². The van der Waals surface area contributed by atoms with Gasteiger partial charge in [-0.25, -0.2) is 0 Å². The Hall–Kier alpha value is -2.08. The summed E-state index contributed by atoms with van der Waals surface area (Å²) in [7, 11) is 0. The van der Waals surface area contributed by atoms with Crippen LogP contribution in [0.4, 0.5) is 5.69 Å². The predicted octanol–water partition coefficient (Wildman–Crippen LogP) is 1.12. The topological polar surface area (TPSA) is 47.1 Å². The molecule has 0 saturated carbocycles. The summed E-state index contributed by atoms with van der Waals surface area (Å²) in [6.07, 6.45) is 1.49. The fourth-order valence-corrected chi connectivity index (χ4v) is 3.78. The minimum Gasteiger partial charge on any atom is -0.368 e. The van der Waals surface area contributed by atoms with E-state index in [0.717, 1.165) is 65.3 Å². The highest BCUT2D eigenvalue weighted by molar-refractivity contribution is 5.76. The molecule has 0 aliphatic carbocycles. The fraction of sp³-hybridized carbons (Fsp3) is 0.600. The van der Waals surface area contributed by atoms with Crippen LogP contribution >= 0.6 is 0 Å². The van der Waals surface area contributed by atoms with Gasteiger partial charge < -0.3 is 14.7 Å². The van der Waals surface area contributed by atoms with Crippen LogP contribution in [-0.2, 0) is 9.59 Å². The second-order valence-electron chi connectivity index (χ2n) is 7.32. The van der Waals surface area contributed by atoms with E-state index in [2.05, 4.69) is 41.8 Å². The third-order valence-electron chi connectivity index (χ3n) is 5.75. The summed E-state index contributed by atoms with van der Waals surface area (Å²) in [4.78, 5) is 31.8. The summed E-state index contributed by atoms with van der Waals surface area (Å²) in [6, 6.07) is 6.44. The van der Waals surface area contributed by atoms with E-state index in [1.165, 1.54) is 16.8 Å². The van der Waals surface area contributed by atoms with Crippen LogP contribution in [0.5, 0.6) is 0 Å². The molecule has 2 amide bonds. The van der Waals surface area contributed by atoms with Crippen LogP contribution in [0.25, 0.3) is 0 Å². The Balaban J connectivity index is 1.44. The number of anilines is 1. The van der Waals surface area contributed by atoms with E-state index in [1.54, 1.807) is 4.90 Å². The van der Waals surface area contributed by atoms with Crippen molar-refractivity contribution in [3.05, 3.63) is 29.3 Å². The fourth-order valence-electron chi connectivity index (χ4n) is 3.78. The molecular formula is C20H30N4O2. The molecule has 6 heteroatoms. The summed E-state index contributed by atoms with van der Waals surface area (Å²) < 4.78 is 0. The standard InChI is InChI=1S/C20H30N4O2/c1-17-4-3-5-19(18(17)2)23-12-14-24(15-13-23)20(26)6-7-21-8-10-22(16-25)11-9-21/h3-5,16H,6-15H2,1-2H3. The molecular weight excluding hydrogens is 328 g/mol. The lowest BCUT2D eigenvalue weighted by molar-refractivity contribution is -0.132. The van der Waals surface area contributed by atoms with Gasteiger partial charge in [-0.05, 0) is 31.0 Å². The predicted molar refractivity (Wildman–Crippen MR) is 103 cm³/mol. The minimum absolute atomic E-state index is 0.253. The lowest BCUT2D eigenvalue weighted by Gasteiger charge is -2.37. The molecule has 0 radical (unpaired) electrons. The van der Waals surface area contributed by atoms with Gasteiger partial charge in [0.05, 0.1) is 0 Å². The van der Waals surface area contributed by atoms with Gasteiger partial charge in [-0.15, -0.1) is 0 Å². The van der Waals surface area contributed by atoms with Gasteiger partial charge in [0.25, 0.3) is 0 Å². The summed E-state index contributed by atoms with van der Waals surface area (Å²) in [5, 5.41) is 0. The van der Waals surface area contributed by atoms with Gasteiger partial charge in [-0.2, -0.15) is 0 Å². The van der Waals surface area contributed by atoms with Crippen molar-refractivity contribution in [2.45, 2.75) is 20.3 Å². The number of hydrogen-bond acceptors (Lipinski definition) is 4. The summed E-state index contributed by atoms with van der Waals surface area (Å²) >= 11 is 0. The van der Waals surface area contributed by atoms with Gasteiger partial charge in [-0.3, -0.25) is 14.5 Å². The molecule has 0 atom stereocenters. The molecule has 2 saturated heterocycles. The molecule has 1 aromatic carbocycles. The number of nitrogens with zero attached hydrogens (tertiary/aromatic N) is 4. The van der Waals surface area contributed by atoms with Crippen LogP contribution < -0.4 is 4.90 Å². The molecule has 2 aliphatic rings. The largest absolute Gasteiger partial charge is 0.368 e. The van der Waals surface area contributed by atoms with Gasteiger partial charge >= 0.3 is 0 Å². The Morgan fingerprint density at radius 3 is 2.35 bits per heavy atom. The zero-order valence-electron chi connectivity index (χ0n) is 16.0. The molecule has 0 bridgehead atoms. The first-order valence-electron chi connectivity index (χ1n) is 9.59. The minimum atomic E-state index is 0.253. The number of rotatable bonds is 5. The number of amides is 2. The second kappa shape index (κ2) is 8.54. The molecule has 2 aliphatic heterocycles. The molecule has 26 heavy (non-hydrogen) atoms. The van der Waals surface area contributed by atoms with E-state index in [9.17, 15) is 9.59 Å². The van der Waals surface area contributed by atoms with Crippen LogP contribution in [0.15, 0.2) is 18.2 Å². The molecule has 0 aromatic heterocycles. The molecule has 6 nitrogen and oxygen atoms in total. The van der Waals surface area contributed by atoms with Crippen molar-refractivity contribution < 1.29 is 9.59 Å². The van der Waals surface area contributed by atoms with Gasteiger partial charge in [-0.1, -0.05) is 12.1 Å². The van der Waals surface area contributed by atoms with Crippen molar-refractivity contribution in [1.29, 1.82) is 0 Å². The maximum atomic E-state index is 12.5. The number of hydrogen-bond donors (Lipinski definition) is 0. The van der Waals surface area contributed by atoms with Crippen LogP contribution in [0.3, 0.4) is 0 Å². The number of carbonyl (C=O) groups is 2. The zero-order valence-corrected chi connectivity index (χ0v) is 16.0. The Morgan fingerprint density at radius 1 is 1.00 bits per heavy atom. The SMILES string of the molecule is Cc1cccc(N2CCN(C(=O)CCN3CCN(C=O)CC3)CC2)c1C. The Labute approximate surface area is 156 Å². The number of piperazine rings is 2. The van der Waals surface area contributed by atoms with E-state index in [0.29, 0.717) is 6.42 Å².